The number of amides is 1. The number of alkyl halides is 3. The predicted molar refractivity (Wildman–Crippen MR) is 120 cm³/mol. The maximum absolute atomic E-state index is 13.7. The molecule has 0 radical (unpaired) electrons. The number of anilines is 3. The van der Waals surface area contributed by atoms with E-state index in [0.29, 0.717) is 30.2 Å². The van der Waals surface area contributed by atoms with Crippen molar-refractivity contribution >= 4 is 46.5 Å². The Morgan fingerprint density at radius 3 is 2.67 bits per heavy atom. The summed E-state index contributed by atoms with van der Waals surface area (Å²) in [6, 6.07) is 11.8. The van der Waals surface area contributed by atoms with Gasteiger partial charge >= 0.3 is 5.51 Å². The van der Waals surface area contributed by atoms with Crippen molar-refractivity contribution in [3.63, 3.8) is 0 Å². The van der Waals surface area contributed by atoms with Crippen LogP contribution >= 0.6 is 23.4 Å². The van der Waals surface area contributed by atoms with Gasteiger partial charge in [0, 0.05) is 17.6 Å². The van der Waals surface area contributed by atoms with Crippen molar-refractivity contribution in [3.05, 3.63) is 70.9 Å². The molecule has 0 unspecified atom stereocenters. The molecule has 0 saturated heterocycles. The van der Waals surface area contributed by atoms with Crippen molar-refractivity contribution in [2.45, 2.75) is 17.0 Å². The fourth-order valence-electron chi connectivity index (χ4n) is 3.31. The molecule has 0 bridgehead atoms. The summed E-state index contributed by atoms with van der Waals surface area (Å²) in [5, 5.41) is 12.6. The third-order valence-electron chi connectivity index (χ3n) is 4.71. The molecule has 3 aromatic rings. The number of ether oxygens (including phenoxy) is 1. The number of pyridine rings is 1. The molecule has 1 amide bonds. The number of nitrogens with one attached hydrogen (secondary N) is 1. The first-order valence-corrected chi connectivity index (χ1v) is 10.9. The minimum Gasteiger partial charge on any atom is -0.489 e. The van der Waals surface area contributed by atoms with Crippen LogP contribution in [0.3, 0.4) is 0 Å². The van der Waals surface area contributed by atoms with Gasteiger partial charge in [0.1, 0.15) is 6.61 Å². The van der Waals surface area contributed by atoms with Gasteiger partial charge in [0.2, 0.25) is 0 Å². The molecular weight excluding hydrogens is 479 g/mol. The van der Waals surface area contributed by atoms with Crippen LogP contribution in [-0.4, -0.2) is 34.7 Å². The van der Waals surface area contributed by atoms with Crippen molar-refractivity contribution in [1.29, 1.82) is 0 Å². The lowest BCUT2D eigenvalue weighted by atomic mass is 10.1. The van der Waals surface area contributed by atoms with E-state index in [-0.39, 0.29) is 45.4 Å². The van der Waals surface area contributed by atoms with Crippen LogP contribution < -0.4 is 15.0 Å². The number of carbonyl (C=O) groups excluding carboxylic acids is 1. The molecule has 0 fully saturated rings. The van der Waals surface area contributed by atoms with Crippen LogP contribution in [0.15, 0.2) is 59.6 Å². The molecule has 1 aliphatic heterocycles. The van der Waals surface area contributed by atoms with E-state index >= 15 is 0 Å². The standard InChI is InChI=1S/C22H17ClF3N3O3S/c23-17-10-13(12-30)11-28-20(17)29(14-4-6-15(7-5-14)33-22(24,25)26)21(31)16-2-1-3-18-19(16)32-9-8-27-18/h1-7,10-11,27,30H,8-9,12H2. The Kier molecular flexibility index (Phi) is 6.68. The fourth-order valence-corrected chi connectivity index (χ4v) is 4.13. The van der Waals surface area contributed by atoms with Gasteiger partial charge in [0.05, 0.1) is 28.6 Å². The number of thioether (sulfide) groups is 1. The maximum atomic E-state index is 13.7. The van der Waals surface area contributed by atoms with Crippen molar-refractivity contribution in [2.24, 2.45) is 0 Å². The summed E-state index contributed by atoms with van der Waals surface area (Å²) >= 11 is 6.13. The third kappa shape index (κ3) is 5.18. The molecule has 1 aliphatic rings. The first-order chi connectivity index (χ1) is 15.8. The number of hydrogen-bond acceptors (Lipinski definition) is 6. The van der Waals surface area contributed by atoms with Crippen LogP contribution in [0.25, 0.3) is 0 Å². The van der Waals surface area contributed by atoms with E-state index in [1.54, 1.807) is 18.2 Å². The van der Waals surface area contributed by atoms with Gasteiger partial charge in [-0.05, 0) is 59.8 Å². The number of nitrogens with zero attached hydrogens (tertiary/aromatic N) is 2. The van der Waals surface area contributed by atoms with Crippen LogP contribution in [-0.2, 0) is 6.61 Å². The molecule has 6 nitrogen and oxygen atoms in total. The van der Waals surface area contributed by atoms with E-state index in [4.69, 9.17) is 16.3 Å². The van der Waals surface area contributed by atoms with Crippen LogP contribution in [0, 0.1) is 0 Å². The quantitative estimate of drug-likeness (QED) is 0.447. The number of fused-ring (bicyclic) bond motifs is 1. The van der Waals surface area contributed by atoms with Gasteiger partial charge in [-0.1, -0.05) is 17.7 Å². The largest absolute Gasteiger partial charge is 0.489 e. The Balaban J connectivity index is 1.80. The number of carbonyl (C=O) groups is 1. The molecule has 0 spiro atoms. The molecule has 2 N–H and O–H groups in total. The van der Waals surface area contributed by atoms with E-state index in [2.05, 4.69) is 10.3 Å². The molecule has 1 aromatic heterocycles. The Morgan fingerprint density at radius 1 is 1.24 bits per heavy atom. The summed E-state index contributed by atoms with van der Waals surface area (Å²) in [6.07, 6.45) is 1.37. The summed E-state index contributed by atoms with van der Waals surface area (Å²) in [4.78, 5) is 19.1. The van der Waals surface area contributed by atoms with Gasteiger partial charge in [-0.2, -0.15) is 13.2 Å². The lowest BCUT2D eigenvalue weighted by Crippen LogP contribution is -2.29. The number of aromatic nitrogens is 1. The average Bonchev–Trinajstić information content (AvgIpc) is 2.79. The van der Waals surface area contributed by atoms with Crippen LogP contribution in [0.1, 0.15) is 15.9 Å². The van der Waals surface area contributed by atoms with Gasteiger partial charge in [0.15, 0.2) is 11.6 Å². The summed E-state index contributed by atoms with van der Waals surface area (Å²) < 4.78 is 43.9. The van der Waals surface area contributed by atoms with Crippen molar-refractivity contribution in [1.82, 2.24) is 4.98 Å². The molecular formula is C22H17ClF3N3O3S. The topological polar surface area (TPSA) is 74.7 Å². The normalized spacial score (nSPS) is 13.0. The lowest BCUT2D eigenvalue weighted by molar-refractivity contribution is -0.0328. The summed E-state index contributed by atoms with van der Waals surface area (Å²) in [7, 11) is 0. The lowest BCUT2D eigenvalue weighted by Gasteiger charge is -2.26. The maximum Gasteiger partial charge on any atom is 0.446 e. The predicted octanol–water partition coefficient (Wildman–Crippen LogP) is 5.62. The number of halogens is 4. The Hall–Kier alpha value is -2.95. The van der Waals surface area contributed by atoms with Crippen molar-refractivity contribution < 1.29 is 27.8 Å². The Bertz CT molecular complexity index is 1180. The first kappa shape index (κ1) is 23.2. The van der Waals surface area contributed by atoms with Gasteiger partial charge in [-0.25, -0.2) is 4.98 Å². The van der Waals surface area contributed by atoms with Crippen LogP contribution in [0.2, 0.25) is 5.02 Å². The smallest absolute Gasteiger partial charge is 0.446 e. The highest BCUT2D eigenvalue weighted by Gasteiger charge is 2.31. The second kappa shape index (κ2) is 9.50. The highest BCUT2D eigenvalue weighted by atomic mass is 35.5. The minimum absolute atomic E-state index is 0.0297. The van der Waals surface area contributed by atoms with E-state index in [9.17, 15) is 23.1 Å². The second-order valence-electron chi connectivity index (χ2n) is 6.95. The van der Waals surface area contributed by atoms with Gasteiger partial charge in [0.25, 0.3) is 5.91 Å². The van der Waals surface area contributed by atoms with Crippen molar-refractivity contribution in [2.75, 3.05) is 23.4 Å². The first-order valence-electron chi connectivity index (χ1n) is 9.72. The molecule has 0 atom stereocenters. The Labute approximate surface area is 196 Å². The van der Waals surface area contributed by atoms with E-state index in [0.717, 1.165) is 0 Å². The zero-order valence-electron chi connectivity index (χ0n) is 16.9. The summed E-state index contributed by atoms with van der Waals surface area (Å²) in [5.41, 5.74) is -2.84. The SMILES string of the molecule is O=C(c1cccc2c1OCCN2)N(c1ccc(SC(F)(F)F)cc1)c1ncc(CO)cc1Cl. The average molecular weight is 496 g/mol. The molecule has 0 aliphatic carbocycles. The monoisotopic (exact) mass is 495 g/mol. The zero-order valence-corrected chi connectivity index (χ0v) is 18.5. The van der Waals surface area contributed by atoms with Crippen molar-refractivity contribution in [3.8, 4) is 5.75 Å². The number of hydrogen-bond donors (Lipinski definition) is 2. The van der Waals surface area contributed by atoms with E-state index in [1.165, 1.54) is 41.4 Å². The Morgan fingerprint density at radius 2 is 2.00 bits per heavy atom. The molecule has 11 heteroatoms. The van der Waals surface area contributed by atoms with E-state index < -0.39 is 11.4 Å². The van der Waals surface area contributed by atoms with Gasteiger partial charge in [-0.15, -0.1) is 0 Å². The van der Waals surface area contributed by atoms with Crippen LogP contribution in [0.4, 0.5) is 30.4 Å². The molecule has 33 heavy (non-hydrogen) atoms. The van der Waals surface area contributed by atoms with E-state index in [1.807, 2.05) is 0 Å². The highest BCUT2D eigenvalue weighted by Crippen LogP contribution is 2.40. The number of rotatable bonds is 5. The van der Waals surface area contributed by atoms with Gasteiger partial charge in [-0.3, -0.25) is 9.69 Å². The second-order valence-corrected chi connectivity index (χ2v) is 8.49. The van der Waals surface area contributed by atoms with Gasteiger partial charge < -0.3 is 15.2 Å². The fraction of sp³-hybridized carbons (Fsp3) is 0.182. The van der Waals surface area contributed by atoms with Crippen LogP contribution in [0.5, 0.6) is 5.75 Å². The summed E-state index contributed by atoms with van der Waals surface area (Å²) in [5.74, 6) is -0.0968. The molecule has 4 rings (SSSR count). The molecule has 172 valence electrons. The minimum atomic E-state index is -4.44. The third-order valence-corrected chi connectivity index (χ3v) is 5.73. The zero-order chi connectivity index (χ0) is 23.6. The highest BCUT2D eigenvalue weighted by molar-refractivity contribution is 8.00. The number of aliphatic hydroxyl groups is 1. The molecule has 2 heterocycles. The molecule has 2 aromatic carbocycles. The molecule has 0 saturated carbocycles. The summed E-state index contributed by atoms with van der Waals surface area (Å²) in [6.45, 7) is 0.656. The number of para-hydroxylation sites is 1. The number of benzene rings is 2. The number of aliphatic hydroxyl groups excluding tert-OH is 1.